The van der Waals surface area contributed by atoms with Gasteiger partial charge in [0.2, 0.25) is 0 Å². The molecule has 4 rings (SSSR count). The minimum atomic E-state index is -1.04. The first-order valence-corrected chi connectivity index (χ1v) is 12.3. The van der Waals surface area contributed by atoms with Gasteiger partial charge in [-0.2, -0.15) is 0 Å². The molecule has 176 valence electrons. The third-order valence-corrected chi connectivity index (χ3v) is 7.07. The van der Waals surface area contributed by atoms with E-state index in [1.165, 1.54) is 0 Å². The van der Waals surface area contributed by atoms with Crippen molar-refractivity contribution < 1.29 is 19.4 Å². The van der Waals surface area contributed by atoms with Crippen molar-refractivity contribution in [3.8, 4) is 5.75 Å². The lowest BCUT2D eigenvalue weighted by Crippen LogP contribution is -2.32. The van der Waals surface area contributed by atoms with E-state index in [1.54, 1.807) is 0 Å². The molecule has 0 unspecified atom stereocenters. The molecule has 3 aromatic carbocycles. The van der Waals surface area contributed by atoms with Crippen LogP contribution in [0.3, 0.4) is 0 Å². The standard InChI is InChI=1S/C28H26BrClO4/c1-17(2)22-15-23(19-10-6-11-20(30)14-19)26(18-8-4-3-5-9-18)34-27(22)21-12-7-13-24(29)28(21)33-16-25(31)32/h3-14,22-23,26-27H,1,15-16H2,2H3,(H,31,32)/t22-,23-,26+,27-/m1/s1. The summed E-state index contributed by atoms with van der Waals surface area (Å²) < 4.78 is 13.3. The predicted octanol–water partition coefficient (Wildman–Crippen LogP) is 7.74. The average Bonchev–Trinajstić information content (AvgIpc) is 2.82. The molecule has 0 saturated carbocycles. The summed E-state index contributed by atoms with van der Waals surface area (Å²) in [6, 6.07) is 23.8. The summed E-state index contributed by atoms with van der Waals surface area (Å²) in [5, 5.41) is 9.87. The highest BCUT2D eigenvalue weighted by Gasteiger charge is 2.41. The zero-order valence-electron chi connectivity index (χ0n) is 18.8. The van der Waals surface area contributed by atoms with E-state index in [9.17, 15) is 9.90 Å². The maximum atomic E-state index is 11.2. The molecular formula is C28H26BrClO4. The lowest BCUT2D eigenvalue weighted by molar-refractivity contribution is -0.139. The van der Waals surface area contributed by atoms with Crippen LogP contribution >= 0.6 is 27.5 Å². The minimum Gasteiger partial charge on any atom is -0.480 e. The molecule has 1 saturated heterocycles. The number of aliphatic carboxylic acids is 1. The molecule has 1 aliphatic rings. The van der Waals surface area contributed by atoms with Crippen LogP contribution in [0.2, 0.25) is 5.02 Å². The predicted molar refractivity (Wildman–Crippen MR) is 137 cm³/mol. The number of para-hydroxylation sites is 1. The van der Waals surface area contributed by atoms with E-state index in [0.717, 1.165) is 28.7 Å². The Morgan fingerprint density at radius 3 is 2.47 bits per heavy atom. The quantitative estimate of drug-likeness (QED) is 0.311. The molecule has 0 amide bonds. The maximum Gasteiger partial charge on any atom is 0.341 e. The van der Waals surface area contributed by atoms with E-state index in [-0.39, 0.29) is 24.0 Å². The molecule has 1 aliphatic heterocycles. The third kappa shape index (κ3) is 5.38. The fraction of sp³-hybridized carbons (Fsp3) is 0.250. The average molecular weight is 542 g/mol. The van der Waals surface area contributed by atoms with Crippen molar-refractivity contribution in [1.29, 1.82) is 0 Å². The van der Waals surface area contributed by atoms with Gasteiger partial charge in [-0.05, 0) is 58.6 Å². The van der Waals surface area contributed by atoms with E-state index in [1.807, 2.05) is 61.5 Å². The Morgan fingerprint density at radius 1 is 1.09 bits per heavy atom. The first-order valence-electron chi connectivity index (χ1n) is 11.1. The molecule has 6 heteroatoms. The molecule has 4 nitrogen and oxygen atoms in total. The van der Waals surface area contributed by atoms with Crippen molar-refractivity contribution in [1.82, 2.24) is 0 Å². The van der Waals surface area contributed by atoms with Gasteiger partial charge < -0.3 is 14.6 Å². The van der Waals surface area contributed by atoms with Gasteiger partial charge in [-0.25, -0.2) is 4.79 Å². The molecule has 1 heterocycles. The van der Waals surface area contributed by atoms with Gasteiger partial charge in [-0.3, -0.25) is 0 Å². The smallest absolute Gasteiger partial charge is 0.341 e. The number of hydrogen-bond acceptors (Lipinski definition) is 3. The number of ether oxygens (including phenoxy) is 2. The Labute approximate surface area is 213 Å². The van der Waals surface area contributed by atoms with Crippen LogP contribution < -0.4 is 4.74 Å². The Balaban J connectivity index is 1.80. The normalized spacial score (nSPS) is 22.2. The largest absolute Gasteiger partial charge is 0.480 e. The second kappa shape index (κ2) is 10.8. The number of benzene rings is 3. The number of carboxylic acids is 1. The monoisotopic (exact) mass is 540 g/mol. The summed E-state index contributed by atoms with van der Waals surface area (Å²) >= 11 is 9.88. The number of hydrogen-bond donors (Lipinski definition) is 1. The highest BCUT2D eigenvalue weighted by molar-refractivity contribution is 9.10. The molecule has 0 bridgehead atoms. The van der Waals surface area contributed by atoms with Gasteiger partial charge in [0.05, 0.1) is 16.7 Å². The minimum absolute atomic E-state index is 0.00887. The summed E-state index contributed by atoms with van der Waals surface area (Å²) in [5.74, 6) is -0.500. The van der Waals surface area contributed by atoms with Crippen LogP contribution in [0.5, 0.6) is 5.75 Å². The summed E-state index contributed by atoms with van der Waals surface area (Å²) in [7, 11) is 0. The lowest BCUT2D eigenvalue weighted by atomic mass is 9.74. The molecule has 34 heavy (non-hydrogen) atoms. The zero-order chi connectivity index (χ0) is 24.2. The summed E-state index contributed by atoms with van der Waals surface area (Å²) in [5.41, 5.74) is 3.98. The Hall–Kier alpha value is -2.60. The SMILES string of the molecule is C=C(C)[C@H]1C[C@H](c2cccc(Cl)c2)[C@H](c2ccccc2)O[C@@H]1c1cccc(Br)c1OCC(=O)O. The molecule has 1 N–H and O–H groups in total. The Kier molecular flexibility index (Phi) is 7.77. The Bertz CT molecular complexity index is 1180. The molecule has 3 aromatic rings. The molecule has 4 atom stereocenters. The van der Waals surface area contributed by atoms with E-state index in [2.05, 4.69) is 40.7 Å². The number of carboxylic acid groups (broad SMARTS) is 1. The van der Waals surface area contributed by atoms with Crippen LogP contribution in [0, 0.1) is 5.92 Å². The third-order valence-electron chi connectivity index (χ3n) is 6.21. The molecule has 0 radical (unpaired) electrons. The lowest BCUT2D eigenvalue weighted by Gasteiger charge is -2.43. The number of rotatable bonds is 7. The van der Waals surface area contributed by atoms with Crippen molar-refractivity contribution in [2.75, 3.05) is 6.61 Å². The van der Waals surface area contributed by atoms with Crippen LogP contribution in [0.25, 0.3) is 0 Å². The van der Waals surface area contributed by atoms with Crippen LogP contribution in [0.4, 0.5) is 0 Å². The second-order valence-electron chi connectivity index (χ2n) is 8.58. The van der Waals surface area contributed by atoms with Gasteiger partial charge in [0.25, 0.3) is 0 Å². The van der Waals surface area contributed by atoms with Gasteiger partial charge in [0.1, 0.15) is 5.75 Å². The van der Waals surface area contributed by atoms with E-state index >= 15 is 0 Å². The van der Waals surface area contributed by atoms with Crippen LogP contribution in [-0.2, 0) is 9.53 Å². The van der Waals surface area contributed by atoms with Gasteiger partial charge in [-0.15, -0.1) is 0 Å². The highest BCUT2D eigenvalue weighted by Crippen LogP contribution is 2.53. The highest BCUT2D eigenvalue weighted by atomic mass is 79.9. The fourth-order valence-corrected chi connectivity index (χ4v) is 5.35. The first-order chi connectivity index (χ1) is 16.3. The summed E-state index contributed by atoms with van der Waals surface area (Å²) in [4.78, 5) is 11.2. The second-order valence-corrected chi connectivity index (χ2v) is 9.87. The Morgan fingerprint density at radius 2 is 1.79 bits per heavy atom. The van der Waals surface area contributed by atoms with Crippen molar-refractivity contribution in [3.05, 3.63) is 111 Å². The summed E-state index contributed by atoms with van der Waals surface area (Å²) in [6.07, 6.45) is 0.205. The van der Waals surface area contributed by atoms with Crippen LogP contribution in [0.15, 0.2) is 89.4 Å². The fourth-order valence-electron chi connectivity index (χ4n) is 4.66. The van der Waals surface area contributed by atoms with Gasteiger partial charge in [0, 0.05) is 22.4 Å². The molecule has 0 aromatic heterocycles. The van der Waals surface area contributed by atoms with Gasteiger partial charge >= 0.3 is 5.97 Å². The summed E-state index contributed by atoms with van der Waals surface area (Å²) in [6.45, 7) is 5.84. The number of halogens is 2. The van der Waals surface area contributed by atoms with E-state index in [4.69, 9.17) is 21.1 Å². The van der Waals surface area contributed by atoms with Crippen LogP contribution in [-0.4, -0.2) is 17.7 Å². The van der Waals surface area contributed by atoms with Crippen molar-refractivity contribution >= 4 is 33.5 Å². The molecule has 0 spiro atoms. The molecule has 1 fully saturated rings. The topological polar surface area (TPSA) is 55.8 Å². The van der Waals surface area contributed by atoms with E-state index < -0.39 is 12.6 Å². The van der Waals surface area contributed by atoms with Gasteiger partial charge in [-0.1, -0.05) is 78.4 Å². The van der Waals surface area contributed by atoms with Crippen molar-refractivity contribution in [2.45, 2.75) is 31.5 Å². The van der Waals surface area contributed by atoms with E-state index in [0.29, 0.717) is 15.2 Å². The molecule has 0 aliphatic carbocycles. The van der Waals surface area contributed by atoms with Crippen LogP contribution in [0.1, 0.15) is 48.2 Å². The van der Waals surface area contributed by atoms with Crippen molar-refractivity contribution in [2.24, 2.45) is 5.92 Å². The maximum absolute atomic E-state index is 11.2. The van der Waals surface area contributed by atoms with Gasteiger partial charge in [0.15, 0.2) is 6.61 Å². The first kappa shape index (κ1) is 24.5. The number of carbonyl (C=O) groups is 1. The van der Waals surface area contributed by atoms with Crippen molar-refractivity contribution in [3.63, 3.8) is 0 Å². The zero-order valence-corrected chi connectivity index (χ0v) is 21.1. The molecular weight excluding hydrogens is 516 g/mol.